The number of allylic oxidation sites excluding steroid dienone is 6. The van der Waals surface area contributed by atoms with Crippen molar-refractivity contribution < 1.29 is 24.6 Å². The summed E-state index contributed by atoms with van der Waals surface area (Å²) in [5.74, 6) is -1.86. The Morgan fingerprint density at radius 3 is 1.92 bits per heavy atom. The summed E-state index contributed by atoms with van der Waals surface area (Å²) in [6, 6.07) is 0. The van der Waals surface area contributed by atoms with Crippen LogP contribution < -0.4 is 0 Å². The molecule has 0 aromatic rings. The Labute approximate surface area is 149 Å². The minimum Gasteiger partial charge on any atom is -0.478 e. The Morgan fingerprint density at radius 2 is 1.36 bits per heavy atom. The van der Waals surface area contributed by atoms with Crippen molar-refractivity contribution in [2.75, 3.05) is 0 Å². The Bertz CT molecular complexity index is 591. The molecule has 0 radical (unpaired) electrons. The Balaban J connectivity index is 4.30. The summed E-state index contributed by atoms with van der Waals surface area (Å²) in [6.07, 6.45) is 11.8. The first-order chi connectivity index (χ1) is 11.8. The van der Waals surface area contributed by atoms with Gasteiger partial charge in [0.1, 0.15) is 6.29 Å². The molecule has 0 saturated heterocycles. The third kappa shape index (κ3) is 12.6. The fourth-order valence-electron chi connectivity index (χ4n) is 2.17. The molecule has 0 bridgehead atoms. The quantitative estimate of drug-likeness (QED) is 0.309. The van der Waals surface area contributed by atoms with Crippen molar-refractivity contribution >= 4 is 18.2 Å². The summed E-state index contributed by atoms with van der Waals surface area (Å²) < 4.78 is 0. The third-order valence-electron chi connectivity index (χ3n) is 3.72. The molecule has 0 aliphatic heterocycles. The Hall–Kier alpha value is -2.43. The smallest absolute Gasteiger partial charge is 0.330 e. The van der Waals surface area contributed by atoms with Gasteiger partial charge in [-0.05, 0) is 64.9 Å². The second kappa shape index (κ2) is 12.9. The van der Waals surface area contributed by atoms with Crippen LogP contribution in [0.2, 0.25) is 0 Å². The SMILES string of the molecule is CC(=CCCC(C)=CC(=O)O)CCC=C(C=O)CCC=C(C)C(=O)O. The molecule has 5 heteroatoms. The summed E-state index contributed by atoms with van der Waals surface area (Å²) in [6.45, 7) is 5.36. The molecule has 0 aliphatic rings. The lowest BCUT2D eigenvalue weighted by Crippen LogP contribution is -1.96. The highest BCUT2D eigenvalue weighted by molar-refractivity contribution is 5.85. The molecule has 25 heavy (non-hydrogen) atoms. The second-order valence-corrected chi connectivity index (χ2v) is 6.08. The van der Waals surface area contributed by atoms with Crippen LogP contribution in [0.25, 0.3) is 0 Å². The van der Waals surface area contributed by atoms with Crippen molar-refractivity contribution in [3.63, 3.8) is 0 Å². The summed E-state index contributed by atoms with van der Waals surface area (Å²) >= 11 is 0. The zero-order valence-corrected chi connectivity index (χ0v) is 15.2. The largest absolute Gasteiger partial charge is 0.478 e. The molecule has 0 rings (SSSR count). The van der Waals surface area contributed by atoms with Gasteiger partial charge in [-0.1, -0.05) is 29.4 Å². The van der Waals surface area contributed by atoms with E-state index in [4.69, 9.17) is 10.2 Å². The van der Waals surface area contributed by atoms with Gasteiger partial charge in [0.15, 0.2) is 0 Å². The number of rotatable bonds is 12. The molecule has 0 spiro atoms. The number of hydrogen-bond donors (Lipinski definition) is 2. The third-order valence-corrected chi connectivity index (χ3v) is 3.72. The van der Waals surface area contributed by atoms with Gasteiger partial charge in [-0.3, -0.25) is 4.79 Å². The van der Waals surface area contributed by atoms with Gasteiger partial charge in [-0.25, -0.2) is 9.59 Å². The van der Waals surface area contributed by atoms with Gasteiger partial charge in [0.25, 0.3) is 0 Å². The summed E-state index contributed by atoms with van der Waals surface area (Å²) in [4.78, 5) is 32.3. The zero-order chi connectivity index (χ0) is 19.2. The van der Waals surface area contributed by atoms with E-state index >= 15 is 0 Å². The first kappa shape index (κ1) is 22.6. The maximum absolute atomic E-state index is 11.1. The molecule has 0 aliphatic carbocycles. The van der Waals surface area contributed by atoms with E-state index in [-0.39, 0.29) is 5.57 Å². The van der Waals surface area contributed by atoms with Gasteiger partial charge in [-0.15, -0.1) is 0 Å². The molecule has 0 saturated carbocycles. The first-order valence-corrected chi connectivity index (χ1v) is 8.36. The maximum atomic E-state index is 11.1. The monoisotopic (exact) mass is 348 g/mol. The van der Waals surface area contributed by atoms with E-state index in [2.05, 4.69) is 6.08 Å². The number of aldehydes is 1. The molecule has 2 N–H and O–H groups in total. The summed E-state index contributed by atoms with van der Waals surface area (Å²) in [7, 11) is 0. The van der Waals surface area contributed by atoms with E-state index in [9.17, 15) is 14.4 Å². The van der Waals surface area contributed by atoms with Gasteiger partial charge < -0.3 is 10.2 Å². The molecule has 0 fully saturated rings. The highest BCUT2D eigenvalue weighted by atomic mass is 16.4. The predicted octanol–water partition coefficient (Wildman–Crippen LogP) is 4.46. The van der Waals surface area contributed by atoms with E-state index in [1.54, 1.807) is 13.0 Å². The molecule has 0 heterocycles. The van der Waals surface area contributed by atoms with E-state index in [1.807, 2.05) is 13.0 Å². The maximum Gasteiger partial charge on any atom is 0.330 e. The van der Waals surface area contributed by atoms with Crippen LogP contribution in [0.3, 0.4) is 0 Å². The lowest BCUT2D eigenvalue weighted by atomic mass is 10.0. The minimum atomic E-state index is -0.939. The molecule has 0 unspecified atom stereocenters. The minimum absolute atomic E-state index is 0.288. The van der Waals surface area contributed by atoms with Crippen molar-refractivity contribution in [2.24, 2.45) is 0 Å². The Kier molecular flexibility index (Phi) is 11.7. The summed E-state index contributed by atoms with van der Waals surface area (Å²) in [5.41, 5.74) is 3.01. The molecule has 5 nitrogen and oxygen atoms in total. The number of carbonyl (C=O) groups is 3. The lowest BCUT2D eigenvalue weighted by Gasteiger charge is -2.02. The van der Waals surface area contributed by atoms with Crippen molar-refractivity contribution in [3.05, 3.63) is 46.6 Å². The van der Waals surface area contributed by atoms with Gasteiger partial charge in [0.2, 0.25) is 0 Å². The number of carboxylic acid groups (broad SMARTS) is 2. The van der Waals surface area contributed by atoms with Gasteiger partial charge in [0, 0.05) is 11.6 Å². The molecule has 138 valence electrons. The van der Waals surface area contributed by atoms with Crippen LogP contribution in [0.5, 0.6) is 0 Å². The van der Waals surface area contributed by atoms with Crippen LogP contribution in [0.4, 0.5) is 0 Å². The van der Waals surface area contributed by atoms with Crippen molar-refractivity contribution in [3.8, 4) is 0 Å². The molecule has 0 atom stereocenters. The number of hydrogen-bond acceptors (Lipinski definition) is 3. The van der Waals surface area contributed by atoms with Crippen LogP contribution in [-0.4, -0.2) is 28.4 Å². The van der Waals surface area contributed by atoms with E-state index in [0.717, 1.165) is 31.1 Å². The highest BCUT2D eigenvalue weighted by Crippen LogP contribution is 2.13. The average molecular weight is 348 g/mol. The molecule has 0 aromatic carbocycles. The predicted molar refractivity (Wildman–Crippen MR) is 98.4 cm³/mol. The average Bonchev–Trinajstić information content (AvgIpc) is 2.52. The van der Waals surface area contributed by atoms with E-state index in [1.165, 1.54) is 18.6 Å². The van der Waals surface area contributed by atoms with Gasteiger partial charge in [0.05, 0.1) is 0 Å². The number of carboxylic acids is 2. The van der Waals surface area contributed by atoms with Gasteiger partial charge >= 0.3 is 11.9 Å². The highest BCUT2D eigenvalue weighted by Gasteiger charge is 2.00. The van der Waals surface area contributed by atoms with Crippen LogP contribution in [0.1, 0.15) is 59.3 Å². The van der Waals surface area contributed by atoms with Crippen molar-refractivity contribution in [2.45, 2.75) is 59.3 Å². The molecule has 0 amide bonds. The van der Waals surface area contributed by atoms with Crippen molar-refractivity contribution in [1.29, 1.82) is 0 Å². The Morgan fingerprint density at radius 1 is 0.800 bits per heavy atom. The fourth-order valence-corrected chi connectivity index (χ4v) is 2.17. The van der Waals surface area contributed by atoms with E-state index in [0.29, 0.717) is 24.8 Å². The van der Waals surface area contributed by atoms with E-state index < -0.39 is 11.9 Å². The number of carbonyl (C=O) groups excluding carboxylic acids is 1. The molecular weight excluding hydrogens is 320 g/mol. The van der Waals surface area contributed by atoms with Crippen molar-refractivity contribution in [1.82, 2.24) is 0 Å². The first-order valence-electron chi connectivity index (χ1n) is 8.36. The zero-order valence-electron chi connectivity index (χ0n) is 15.2. The lowest BCUT2D eigenvalue weighted by molar-refractivity contribution is -0.133. The van der Waals surface area contributed by atoms with Crippen LogP contribution in [0.15, 0.2) is 46.6 Å². The van der Waals surface area contributed by atoms with Crippen LogP contribution >= 0.6 is 0 Å². The second-order valence-electron chi connectivity index (χ2n) is 6.08. The number of aliphatic carboxylic acids is 2. The standard InChI is InChI=1S/C20H28O5/c1-15(7-4-9-16(2)13-19(22)23)8-5-11-18(14-21)12-6-10-17(3)20(24)25/h7,10-11,13-14H,4-6,8-9,12H2,1-3H3,(H,22,23)(H,24,25). The van der Waals surface area contributed by atoms with Gasteiger partial charge in [-0.2, -0.15) is 0 Å². The normalized spacial score (nSPS) is 13.7. The van der Waals surface area contributed by atoms with Crippen LogP contribution in [-0.2, 0) is 14.4 Å². The van der Waals surface area contributed by atoms with Crippen LogP contribution in [0, 0.1) is 0 Å². The summed E-state index contributed by atoms with van der Waals surface area (Å²) in [5, 5.41) is 17.4. The topological polar surface area (TPSA) is 91.7 Å². The fraction of sp³-hybridized carbons (Fsp3) is 0.450. The molecular formula is C20H28O5. The molecule has 0 aromatic heterocycles.